The van der Waals surface area contributed by atoms with Crippen molar-refractivity contribution in [3.63, 3.8) is 0 Å². The predicted octanol–water partition coefficient (Wildman–Crippen LogP) is 6.77. The molecule has 4 nitrogen and oxygen atoms in total. The number of carbonyl (C=O) groups is 1. The molecule has 0 spiro atoms. The van der Waals surface area contributed by atoms with E-state index < -0.39 is 5.91 Å². The first kappa shape index (κ1) is 21.7. The van der Waals surface area contributed by atoms with Gasteiger partial charge in [0.05, 0.1) is 5.02 Å². The first-order chi connectivity index (χ1) is 14.5. The molecule has 3 rings (SSSR count). The van der Waals surface area contributed by atoms with Crippen LogP contribution in [0.5, 0.6) is 5.75 Å². The topological polar surface area (TPSA) is 62.1 Å². The highest BCUT2D eigenvalue weighted by Gasteiger charge is 2.15. The lowest BCUT2D eigenvalue weighted by molar-refractivity contribution is -0.112. The molecule has 1 N–H and O–H groups in total. The Morgan fingerprint density at radius 1 is 1.00 bits per heavy atom. The van der Waals surface area contributed by atoms with Crippen molar-refractivity contribution in [1.29, 1.82) is 5.26 Å². The first-order valence-corrected chi connectivity index (χ1v) is 9.95. The number of anilines is 1. The van der Waals surface area contributed by atoms with E-state index in [-0.39, 0.29) is 17.2 Å². The van der Waals surface area contributed by atoms with Crippen molar-refractivity contribution in [3.05, 3.63) is 98.5 Å². The van der Waals surface area contributed by atoms with Gasteiger partial charge >= 0.3 is 0 Å². The second kappa shape index (κ2) is 10.2. The summed E-state index contributed by atoms with van der Waals surface area (Å²) in [6.45, 7) is 0.153. The number of amides is 1. The van der Waals surface area contributed by atoms with Crippen LogP contribution in [0.3, 0.4) is 0 Å². The molecule has 1 amide bonds. The van der Waals surface area contributed by atoms with Gasteiger partial charge < -0.3 is 10.1 Å². The van der Waals surface area contributed by atoms with E-state index in [1.54, 1.807) is 36.4 Å². The summed E-state index contributed by atoms with van der Waals surface area (Å²) in [6.07, 6.45) is 1.39. The van der Waals surface area contributed by atoms with Gasteiger partial charge in [-0.3, -0.25) is 4.79 Å². The zero-order valence-corrected chi connectivity index (χ0v) is 17.8. The molecule has 0 bridgehead atoms. The molecule has 30 heavy (non-hydrogen) atoms. The number of carbonyl (C=O) groups excluding carboxylic acids is 1. The minimum atomic E-state index is -0.558. The number of nitrogens with zero attached hydrogens (tertiary/aromatic N) is 1. The fourth-order valence-electron chi connectivity index (χ4n) is 2.63. The molecule has 0 aromatic heterocycles. The van der Waals surface area contributed by atoms with E-state index in [0.717, 1.165) is 5.56 Å². The highest BCUT2D eigenvalue weighted by atomic mass is 35.5. The third kappa shape index (κ3) is 5.55. The molecule has 0 unspecified atom stereocenters. The fourth-order valence-corrected chi connectivity index (χ4v) is 3.38. The quantitative estimate of drug-likeness (QED) is 0.328. The number of benzene rings is 3. The molecule has 150 valence electrons. The van der Waals surface area contributed by atoms with Crippen LogP contribution in [-0.4, -0.2) is 5.91 Å². The maximum Gasteiger partial charge on any atom is 0.266 e. The number of hydrogen-bond donors (Lipinski definition) is 1. The van der Waals surface area contributed by atoms with Gasteiger partial charge in [0.1, 0.15) is 24.0 Å². The standard InChI is InChI=1S/C23H15Cl3N2O2/c24-18-11-16(10-17(13-27)23(29)28-19-7-2-1-3-8-19)22(21(26)12-18)30-14-15-6-4-5-9-20(15)25/h1-12H,14H2,(H,28,29)/b17-10+. The zero-order valence-electron chi connectivity index (χ0n) is 15.5. The molecular formula is C23H15Cl3N2O2. The molecule has 3 aromatic carbocycles. The monoisotopic (exact) mass is 456 g/mol. The molecule has 7 heteroatoms. The van der Waals surface area contributed by atoms with Crippen molar-refractivity contribution >= 4 is 52.5 Å². The summed E-state index contributed by atoms with van der Waals surface area (Å²) in [5, 5.41) is 13.3. The molecule has 0 fully saturated rings. The minimum Gasteiger partial charge on any atom is -0.487 e. The Labute approximate surface area is 189 Å². The lowest BCUT2D eigenvalue weighted by atomic mass is 10.1. The minimum absolute atomic E-state index is 0.125. The van der Waals surface area contributed by atoms with E-state index in [9.17, 15) is 10.1 Å². The van der Waals surface area contributed by atoms with Crippen molar-refractivity contribution in [2.45, 2.75) is 6.61 Å². The van der Waals surface area contributed by atoms with Crippen molar-refractivity contribution in [2.24, 2.45) is 0 Å². The van der Waals surface area contributed by atoms with Crippen LogP contribution in [0.2, 0.25) is 15.1 Å². The second-order valence-electron chi connectivity index (χ2n) is 6.18. The van der Waals surface area contributed by atoms with E-state index >= 15 is 0 Å². The van der Waals surface area contributed by atoms with Crippen molar-refractivity contribution in [2.75, 3.05) is 5.32 Å². The Balaban J connectivity index is 1.90. The molecule has 0 saturated carbocycles. The third-order valence-corrected chi connectivity index (χ3v) is 4.93. The molecule has 0 saturated heterocycles. The Hall–Kier alpha value is -2.97. The number of nitrogens with one attached hydrogen (secondary N) is 1. The smallest absolute Gasteiger partial charge is 0.266 e. The number of ether oxygens (including phenoxy) is 1. The largest absolute Gasteiger partial charge is 0.487 e. The van der Waals surface area contributed by atoms with E-state index in [0.29, 0.717) is 27.0 Å². The maximum atomic E-state index is 12.5. The van der Waals surface area contributed by atoms with Crippen molar-refractivity contribution in [3.8, 4) is 11.8 Å². The second-order valence-corrected chi connectivity index (χ2v) is 7.43. The Morgan fingerprint density at radius 3 is 2.40 bits per heavy atom. The van der Waals surface area contributed by atoms with Crippen LogP contribution in [0.4, 0.5) is 5.69 Å². The third-order valence-electron chi connectivity index (χ3n) is 4.06. The highest BCUT2D eigenvalue weighted by molar-refractivity contribution is 6.36. The first-order valence-electron chi connectivity index (χ1n) is 8.81. The van der Waals surface area contributed by atoms with E-state index in [1.165, 1.54) is 12.1 Å². The van der Waals surface area contributed by atoms with Crippen LogP contribution in [0.25, 0.3) is 6.08 Å². The molecule has 0 aliphatic heterocycles. The number of rotatable bonds is 6. The molecule has 0 radical (unpaired) electrons. The summed E-state index contributed by atoms with van der Waals surface area (Å²) < 4.78 is 5.87. The lowest BCUT2D eigenvalue weighted by Crippen LogP contribution is -2.13. The summed E-state index contributed by atoms with van der Waals surface area (Å²) >= 11 is 18.6. The molecular weight excluding hydrogens is 443 g/mol. The number of hydrogen-bond acceptors (Lipinski definition) is 3. The van der Waals surface area contributed by atoms with Gasteiger partial charge in [-0.25, -0.2) is 0 Å². The van der Waals surface area contributed by atoms with Gasteiger partial charge in [0, 0.05) is 26.9 Å². The summed E-state index contributed by atoms with van der Waals surface area (Å²) in [6, 6.07) is 21.1. The van der Waals surface area contributed by atoms with Gasteiger partial charge in [0.15, 0.2) is 0 Å². The fraction of sp³-hybridized carbons (Fsp3) is 0.0435. The van der Waals surface area contributed by atoms with E-state index in [2.05, 4.69) is 5.32 Å². The number of nitriles is 1. The van der Waals surface area contributed by atoms with Crippen molar-refractivity contribution < 1.29 is 9.53 Å². The maximum absolute atomic E-state index is 12.5. The Bertz CT molecular complexity index is 1140. The summed E-state index contributed by atoms with van der Waals surface area (Å²) in [5.74, 6) is -0.266. The van der Waals surface area contributed by atoms with Gasteiger partial charge in [-0.1, -0.05) is 71.2 Å². The van der Waals surface area contributed by atoms with E-state index in [4.69, 9.17) is 39.5 Å². The normalized spacial score (nSPS) is 10.9. The van der Waals surface area contributed by atoms with Crippen LogP contribution in [0, 0.1) is 11.3 Å². The van der Waals surface area contributed by atoms with Gasteiger partial charge in [0.25, 0.3) is 5.91 Å². The van der Waals surface area contributed by atoms with E-state index in [1.807, 2.05) is 30.3 Å². The van der Waals surface area contributed by atoms with Gasteiger partial charge in [0.2, 0.25) is 0 Å². The average Bonchev–Trinajstić information content (AvgIpc) is 2.73. The molecule has 0 heterocycles. The zero-order chi connectivity index (χ0) is 21.5. The Kier molecular flexibility index (Phi) is 7.37. The van der Waals surface area contributed by atoms with Gasteiger partial charge in [-0.15, -0.1) is 0 Å². The lowest BCUT2D eigenvalue weighted by Gasteiger charge is -2.13. The number of para-hydroxylation sites is 1. The molecule has 0 aliphatic rings. The van der Waals surface area contributed by atoms with Crippen LogP contribution < -0.4 is 10.1 Å². The van der Waals surface area contributed by atoms with Crippen LogP contribution in [0.15, 0.2) is 72.3 Å². The van der Waals surface area contributed by atoms with Crippen LogP contribution in [0.1, 0.15) is 11.1 Å². The van der Waals surface area contributed by atoms with Gasteiger partial charge in [-0.2, -0.15) is 5.26 Å². The number of halogens is 3. The highest BCUT2D eigenvalue weighted by Crippen LogP contribution is 2.35. The van der Waals surface area contributed by atoms with Gasteiger partial charge in [-0.05, 0) is 36.4 Å². The molecule has 0 atom stereocenters. The summed E-state index contributed by atoms with van der Waals surface area (Å²) in [5.41, 5.74) is 1.62. The van der Waals surface area contributed by atoms with Crippen LogP contribution >= 0.6 is 34.8 Å². The average molecular weight is 458 g/mol. The predicted molar refractivity (Wildman–Crippen MR) is 121 cm³/mol. The molecule has 0 aliphatic carbocycles. The van der Waals surface area contributed by atoms with Crippen LogP contribution in [-0.2, 0) is 11.4 Å². The SMILES string of the molecule is N#C/C(=C\c1cc(Cl)cc(Cl)c1OCc1ccccc1Cl)C(=O)Nc1ccccc1. The summed E-state index contributed by atoms with van der Waals surface area (Å²) in [4.78, 5) is 12.5. The summed E-state index contributed by atoms with van der Waals surface area (Å²) in [7, 11) is 0. The van der Waals surface area contributed by atoms with Crippen molar-refractivity contribution in [1.82, 2.24) is 0 Å². The molecule has 3 aromatic rings. The Morgan fingerprint density at radius 2 is 1.70 bits per heavy atom.